The van der Waals surface area contributed by atoms with Gasteiger partial charge in [0.15, 0.2) is 0 Å². The highest BCUT2D eigenvalue weighted by Crippen LogP contribution is 2.27. The van der Waals surface area contributed by atoms with Crippen LogP contribution in [0.3, 0.4) is 0 Å². The number of carbonyl (C=O) groups is 1. The predicted molar refractivity (Wildman–Crippen MR) is 111 cm³/mol. The van der Waals surface area contributed by atoms with Gasteiger partial charge in [-0.05, 0) is 42.3 Å². The number of nitrogens with one attached hydrogen (secondary N) is 3. The highest BCUT2D eigenvalue weighted by Gasteiger charge is 2.42. The molecule has 2 aromatic rings. The molecule has 3 saturated heterocycles. The summed E-state index contributed by atoms with van der Waals surface area (Å²) in [6, 6.07) is 17.4. The zero-order valence-corrected chi connectivity index (χ0v) is 16.1. The monoisotopic (exact) mass is 378 g/mol. The van der Waals surface area contributed by atoms with Crippen LogP contribution in [-0.4, -0.2) is 31.7 Å². The van der Waals surface area contributed by atoms with Crippen LogP contribution in [0.4, 0.5) is 10.5 Å². The smallest absolute Gasteiger partial charge is 0.319 e. The number of hydrogen-bond donors (Lipinski definition) is 3. The fourth-order valence-corrected chi connectivity index (χ4v) is 4.48. The van der Waals surface area contributed by atoms with Crippen LogP contribution in [0, 0.1) is 11.8 Å². The molecule has 0 aromatic heterocycles. The minimum Gasteiger partial charge on any atom is -0.457 e. The lowest BCUT2D eigenvalue weighted by atomic mass is 9.75. The fourth-order valence-electron chi connectivity index (χ4n) is 4.48. The van der Waals surface area contributed by atoms with Gasteiger partial charge < -0.3 is 20.3 Å². The highest BCUT2D eigenvalue weighted by molar-refractivity contribution is 5.89. The Morgan fingerprint density at radius 1 is 1.14 bits per heavy atom. The number of hydrogen-bond acceptors (Lipinski definition) is 2. The normalized spacial score (nSPS) is 25.7. The van der Waals surface area contributed by atoms with Crippen LogP contribution in [0.1, 0.15) is 12.8 Å². The zero-order valence-electron chi connectivity index (χ0n) is 16.1. The summed E-state index contributed by atoms with van der Waals surface area (Å²) in [6.45, 7) is 7.07. The SMILES string of the molecule is C=C[C@H]1C[NH+]2CC[C@H]1C[C@@H]2CNC(=O)Nc1ccc(Oc2ccccc2)cc1. The van der Waals surface area contributed by atoms with Crippen LogP contribution in [0.2, 0.25) is 0 Å². The number of anilines is 1. The van der Waals surface area contributed by atoms with Crippen molar-refractivity contribution in [3.8, 4) is 11.5 Å². The number of benzene rings is 2. The summed E-state index contributed by atoms with van der Waals surface area (Å²) in [5, 5.41) is 5.95. The van der Waals surface area contributed by atoms with Crippen LogP contribution in [0.5, 0.6) is 11.5 Å². The van der Waals surface area contributed by atoms with E-state index in [0.29, 0.717) is 12.0 Å². The molecule has 0 aliphatic carbocycles. The first kappa shape index (κ1) is 18.6. The van der Waals surface area contributed by atoms with Crippen LogP contribution in [0.25, 0.3) is 0 Å². The van der Waals surface area contributed by atoms with Gasteiger partial charge >= 0.3 is 6.03 Å². The molecule has 5 rings (SSSR count). The molecule has 146 valence electrons. The Bertz CT molecular complexity index is 806. The first-order valence-electron chi connectivity index (χ1n) is 10.1. The molecule has 4 atom stereocenters. The molecule has 2 amide bonds. The molecule has 3 aliphatic rings. The number of urea groups is 1. The van der Waals surface area contributed by atoms with Crippen molar-refractivity contribution in [3.63, 3.8) is 0 Å². The average Bonchev–Trinajstić information content (AvgIpc) is 2.75. The van der Waals surface area contributed by atoms with E-state index in [-0.39, 0.29) is 6.03 Å². The van der Waals surface area contributed by atoms with Gasteiger partial charge in [-0.3, -0.25) is 0 Å². The highest BCUT2D eigenvalue weighted by atomic mass is 16.5. The van der Waals surface area contributed by atoms with E-state index in [9.17, 15) is 4.79 Å². The number of fused-ring (bicyclic) bond motifs is 3. The van der Waals surface area contributed by atoms with Gasteiger partial charge in [0.25, 0.3) is 0 Å². The fraction of sp³-hybridized carbons (Fsp3) is 0.348. The number of carbonyl (C=O) groups excluding carboxylic acids is 1. The average molecular weight is 378 g/mol. The summed E-state index contributed by atoms with van der Waals surface area (Å²) >= 11 is 0. The second-order valence-corrected chi connectivity index (χ2v) is 7.77. The number of quaternary nitrogens is 1. The van der Waals surface area contributed by atoms with Gasteiger partial charge in [-0.25, -0.2) is 4.79 Å². The second-order valence-electron chi connectivity index (χ2n) is 7.77. The van der Waals surface area contributed by atoms with Gasteiger partial charge in [0.2, 0.25) is 0 Å². The molecule has 2 bridgehead atoms. The van der Waals surface area contributed by atoms with Crippen LogP contribution >= 0.6 is 0 Å². The quantitative estimate of drug-likeness (QED) is 0.677. The van der Waals surface area contributed by atoms with E-state index in [4.69, 9.17) is 4.74 Å². The summed E-state index contributed by atoms with van der Waals surface area (Å²) in [5.74, 6) is 2.91. The maximum absolute atomic E-state index is 12.3. The Kier molecular flexibility index (Phi) is 5.63. The third kappa shape index (κ3) is 4.37. The van der Waals surface area contributed by atoms with E-state index < -0.39 is 0 Å². The lowest BCUT2D eigenvalue weighted by Gasteiger charge is -2.46. The topological polar surface area (TPSA) is 54.8 Å². The van der Waals surface area contributed by atoms with Gasteiger partial charge in [0, 0.05) is 24.4 Å². The molecule has 0 spiro atoms. The standard InChI is InChI=1S/C23H27N3O2/c1-2-17-16-26-13-12-18(17)14-20(26)15-24-23(27)25-19-8-10-22(11-9-19)28-21-6-4-3-5-7-21/h2-11,17-18,20H,1,12-16H2,(H2,24,25,27)/p+1/t17-,18-,20+/m0/s1. The van der Waals surface area contributed by atoms with Crippen molar-refractivity contribution in [1.82, 2.24) is 5.32 Å². The predicted octanol–water partition coefficient (Wildman–Crippen LogP) is 3.08. The van der Waals surface area contributed by atoms with Gasteiger partial charge in [-0.2, -0.15) is 0 Å². The first-order chi connectivity index (χ1) is 13.7. The minimum absolute atomic E-state index is 0.154. The molecule has 0 radical (unpaired) electrons. The third-order valence-electron chi connectivity index (χ3n) is 6.01. The minimum atomic E-state index is -0.154. The molecular weight excluding hydrogens is 350 g/mol. The van der Waals surface area contributed by atoms with Gasteiger partial charge in [0.1, 0.15) is 17.5 Å². The Hall–Kier alpha value is -2.79. The van der Waals surface area contributed by atoms with E-state index in [0.717, 1.165) is 36.2 Å². The first-order valence-corrected chi connectivity index (χ1v) is 10.1. The summed E-state index contributed by atoms with van der Waals surface area (Å²) in [4.78, 5) is 13.9. The van der Waals surface area contributed by atoms with E-state index in [1.165, 1.54) is 19.4 Å². The van der Waals surface area contributed by atoms with Crippen molar-refractivity contribution in [2.45, 2.75) is 18.9 Å². The molecule has 5 heteroatoms. The number of rotatable bonds is 6. The molecule has 2 aromatic carbocycles. The van der Waals surface area contributed by atoms with Crippen molar-refractivity contribution in [2.75, 3.05) is 25.0 Å². The molecule has 3 fully saturated rings. The summed E-state index contributed by atoms with van der Waals surface area (Å²) in [6.07, 6.45) is 4.58. The van der Waals surface area contributed by atoms with Gasteiger partial charge in [-0.1, -0.05) is 24.3 Å². The van der Waals surface area contributed by atoms with Crippen molar-refractivity contribution in [1.29, 1.82) is 0 Å². The number of para-hydroxylation sites is 1. The van der Waals surface area contributed by atoms with Crippen LogP contribution in [0.15, 0.2) is 67.3 Å². The van der Waals surface area contributed by atoms with Gasteiger partial charge in [0.05, 0.1) is 19.6 Å². The Morgan fingerprint density at radius 3 is 2.57 bits per heavy atom. The third-order valence-corrected chi connectivity index (χ3v) is 6.01. The lowest BCUT2D eigenvalue weighted by molar-refractivity contribution is -0.944. The Labute approximate surface area is 166 Å². The molecule has 1 unspecified atom stereocenters. The molecule has 28 heavy (non-hydrogen) atoms. The molecule has 3 N–H and O–H groups in total. The molecule has 0 saturated carbocycles. The second kappa shape index (κ2) is 8.48. The Balaban J connectivity index is 1.25. The number of piperidine rings is 3. The molecule has 5 nitrogen and oxygen atoms in total. The van der Waals surface area contributed by atoms with E-state index in [2.05, 4.69) is 23.3 Å². The van der Waals surface area contributed by atoms with Crippen molar-refractivity contribution >= 4 is 11.7 Å². The number of ether oxygens (including phenoxy) is 1. The van der Waals surface area contributed by atoms with E-state index >= 15 is 0 Å². The Morgan fingerprint density at radius 2 is 1.89 bits per heavy atom. The van der Waals surface area contributed by atoms with E-state index in [1.807, 2.05) is 54.6 Å². The summed E-state index contributed by atoms with van der Waals surface area (Å²) in [5.41, 5.74) is 0.752. The van der Waals surface area contributed by atoms with E-state index in [1.54, 1.807) is 4.90 Å². The van der Waals surface area contributed by atoms with Crippen LogP contribution in [-0.2, 0) is 0 Å². The zero-order chi connectivity index (χ0) is 19.3. The van der Waals surface area contributed by atoms with Crippen molar-refractivity contribution in [2.24, 2.45) is 11.8 Å². The summed E-state index contributed by atoms with van der Waals surface area (Å²) < 4.78 is 5.77. The summed E-state index contributed by atoms with van der Waals surface area (Å²) in [7, 11) is 0. The largest absolute Gasteiger partial charge is 0.457 e. The van der Waals surface area contributed by atoms with Crippen molar-refractivity contribution < 1.29 is 14.4 Å². The number of amides is 2. The molecule has 3 aliphatic heterocycles. The molecule has 3 heterocycles. The maximum atomic E-state index is 12.3. The van der Waals surface area contributed by atoms with Crippen LogP contribution < -0.4 is 20.3 Å². The molecular formula is C23H28N3O2+. The van der Waals surface area contributed by atoms with Gasteiger partial charge in [-0.15, -0.1) is 6.58 Å². The maximum Gasteiger partial charge on any atom is 0.319 e. The van der Waals surface area contributed by atoms with Crippen molar-refractivity contribution in [3.05, 3.63) is 67.3 Å². The lowest BCUT2D eigenvalue weighted by Crippen LogP contribution is -3.20.